The summed E-state index contributed by atoms with van der Waals surface area (Å²) in [5.74, 6) is 2.36. The van der Waals surface area contributed by atoms with E-state index in [0.29, 0.717) is 17.7 Å². The molecule has 1 aromatic carbocycles. The molecule has 3 nitrogen and oxygen atoms in total. The number of hydrogen-bond acceptors (Lipinski definition) is 2. The highest BCUT2D eigenvalue weighted by molar-refractivity contribution is 5.79. The number of ether oxygens (including phenoxy) is 1. The zero-order chi connectivity index (χ0) is 15.4. The summed E-state index contributed by atoms with van der Waals surface area (Å²) in [6.45, 7) is 1.95. The number of methoxy groups -OCH3 is 1. The summed E-state index contributed by atoms with van der Waals surface area (Å²) >= 11 is 0. The molecule has 2 fully saturated rings. The van der Waals surface area contributed by atoms with Crippen molar-refractivity contribution in [3.05, 3.63) is 29.8 Å². The zero-order valence-electron chi connectivity index (χ0n) is 13.6. The van der Waals surface area contributed by atoms with E-state index in [2.05, 4.69) is 23.1 Å². The van der Waals surface area contributed by atoms with Crippen LogP contribution in [-0.2, 0) is 11.2 Å². The van der Waals surface area contributed by atoms with Crippen LogP contribution in [0, 0.1) is 11.8 Å². The molecule has 22 heavy (non-hydrogen) atoms. The lowest BCUT2D eigenvalue weighted by Crippen LogP contribution is -2.44. The van der Waals surface area contributed by atoms with E-state index in [1.54, 1.807) is 7.11 Å². The van der Waals surface area contributed by atoms with Crippen molar-refractivity contribution >= 4 is 5.91 Å². The molecule has 120 valence electrons. The first-order valence-electron chi connectivity index (χ1n) is 8.68. The predicted octanol–water partition coefficient (Wildman–Crippen LogP) is 3.67. The fourth-order valence-corrected chi connectivity index (χ4v) is 3.61. The Hall–Kier alpha value is -1.51. The Kier molecular flexibility index (Phi) is 5.01. The fraction of sp³-hybridized carbons (Fsp3) is 0.632. The van der Waals surface area contributed by atoms with Gasteiger partial charge >= 0.3 is 0 Å². The second-order valence-electron chi connectivity index (χ2n) is 6.81. The van der Waals surface area contributed by atoms with E-state index >= 15 is 0 Å². The summed E-state index contributed by atoms with van der Waals surface area (Å²) in [4.78, 5) is 14.5. The van der Waals surface area contributed by atoms with Gasteiger partial charge in [-0.25, -0.2) is 0 Å². The van der Waals surface area contributed by atoms with Gasteiger partial charge in [-0.15, -0.1) is 0 Å². The van der Waals surface area contributed by atoms with E-state index in [4.69, 9.17) is 4.74 Å². The number of carbonyl (C=O) groups excluding carboxylic acids is 1. The SMILES string of the molecule is COc1cccc(CCC2CCCN(C(=O)C3CCC3)C2)c1. The highest BCUT2D eigenvalue weighted by Gasteiger charge is 2.31. The number of hydrogen-bond donors (Lipinski definition) is 0. The summed E-state index contributed by atoms with van der Waals surface area (Å²) in [7, 11) is 1.71. The minimum absolute atomic E-state index is 0.345. The number of rotatable bonds is 5. The van der Waals surface area contributed by atoms with E-state index in [-0.39, 0.29) is 0 Å². The Morgan fingerprint density at radius 3 is 2.86 bits per heavy atom. The van der Waals surface area contributed by atoms with Gasteiger partial charge in [-0.3, -0.25) is 4.79 Å². The first-order valence-corrected chi connectivity index (χ1v) is 8.68. The summed E-state index contributed by atoms with van der Waals surface area (Å²) in [5, 5.41) is 0. The molecule has 1 atom stereocenters. The van der Waals surface area contributed by atoms with Crippen LogP contribution in [0.2, 0.25) is 0 Å². The molecule has 1 unspecified atom stereocenters. The van der Waals surface area contributed by atoms with Crippen molar-refractivity contribution in [3.63, 3.8) is 0 Å². The van der Waals surface area contributed by atoms with Crippen molar-refractivity contribution in [2.24, 2.45) is 11.8 Å². The Balaban J connectivity index is 1.50. The molecular weight excluding hydrogens is 274 g/mol. The number of carbonyl (C=O) groups is 1. The Bertz CT molecular complexity index is 510. The lowest BCUT2D eigenvalue weighted by Gasteiger charge is -2.37. The van der Waals surface area contributed by atoms with Crippen LogP contribution in [0.15, 0.2) is 24.3 Å². The first kappa shape index (κ1) is 15.4. The normalized spacial score (nSPS) is 22.2. The second-order valence-corrected chi connectivity index (χ2v) is 6.81. The van der Waals surface area contributed by atoms with E-state index in [1.165, 1.54) is 31.2 Å². The molecule has 3 rings (SSSR count). The van der Waals surface area contributed by atoms with Crippen LogP contribution in [0.25, 0.3) is 0 Å². The topological polar surface area (TPSA) is 29.5 Å². The minimum atomic E-state index is 0.345. The highest BCUT2D eigenvalue weighted by atomic mass is 16.5. The Labute approximate surface area is 133 Å². The Morgan fingerprint density at radius 2 is 2.14 bits per heavy atom. The van der Waals surface area contributed by atoms with Crippen LogP contribution in [0.5, 0.6) is 5.75 Å². The first-order chi connectivity index (χ1) is 10.8. The van der Waals surface area contributed by atoms with Crippen molar-refractivity contribution in [1.82, 2.24) is 4.90 Å². The summed E-state index contributed by atoms with van der Waals surface area (Å²) in [6.07, 6.45) is 8.14. The third-order valence-electron chi connectivity index (χ3n) is 5.26. The quantitative estimate of drug-likeness (QED) is 0.830. The molecule has 1 aliphatic heterocycles. The van der Waals surface area contributed by atoms with Gasteiger partial charge in [0, 0.05) is 19.0 Å². The molecular formula is C19H27NO2. The van der Waals surface area contributed by atoms with Crippen molar-refractivity contribution in [1.29, 1.82) is 0 Å². The monoisotopic (exact) mass is 301 g/mol. The third kappa shape index (κ3) is 3.63. The molecule has 0 aromatic heterocycles. The maximum Gasteiger partial charge on any atom is 0.225 e. The molecule has 1 amide bonds. The van der Waals surface area contributed by atoms with E-state index in [1.807, 2.05) is 6.07 Å². The molecule has 1 aromatic rings. The summed E-state index contributed by atoms with van der Waals surface area (Å²) < 4.78 is 5.29. The third-order valence-corrected chi connectivity index (χ3v) is 5.26. The second kappa shape index (κ2) is 7.17. The van der Waals surface area contributed by atoms with Crippen LogP contribution in [0.4, 0.5) is 0 Å². The maximum absolute atomic E-state index is 12.4. The molecule has 0 radical (unpaired) electrons. The van der Waals surface area contributed by atoms with Crippen molar-refractivity contribution < 1.29 is 9.53 Å². The van der Waals surface area contributed by atoms with Gasteiger partial charge in [0.2, 0.25) is 5.91 Å². The van der Waals surface area contributed by atoms with Gasteiger partial charge in [0.1, 0.15) is 5.75 Å². The van der Waals surface area contributed by atoms with Crippen LogP contribution in [-0.4, -0.2) is 31.0 Å². The number of benzene rings is 1. The molecule has 1 heterocycles. The highest BCUT2D eigenvalue weighted by Crippen LogP contribution is 2.31. The standard InChI is InChI=1S/C19H27NO2/c1-22-18-9-2-5-15(13-18)10-11-16-6-4-12-20(14-16)19(21)17-7-3-8-17/h2,5,9,13,16-17H,3-4,6-8,10-12,14H2,1H3. The molecule has 1 saturated carbocycles. The van der Waals surface area contributed by atoms with Crippen LogP contribution in [0.1, 0.15) is 44.1 Å². The largest absolute Gasteiger partial charge is 0.497 e. The van der Waals surface area contributed by atoms with Gasteiger partial charge in [0.15, 0.2) is 0 Å². The Morgan fingerprint density at radius 1 is 1.27 bits per heavy atom. The van der Waals surface area contributed by atoms with Gasteiger partial charge < -0.3 is 9.64 Å². The summed E-state index contributed by atoms with van der Waals surface area (Å²) in [6, 6.07) is 8.34. The molecule has 0 N–H and O–H groups in total. The lowest BCUT2D eigenvalue weighted by atomic mass is 9.83. The van der Waals surface area contributed by atoms with Crippen molar-refractivity contribution in [3.8, 4) is 5.75 Å². The van der Waals surface area contributed by atoms with E-state index < -0.39 is 0 Å². The van der Waals surface area contributed by atoms with Gasteiger partial charge in [0.25, 0.3) is 0 Å². The number of nitrogens with zero attached hydrogens (tertiary/aromatic N) is 1. The van der Waals surface area contributed by atoms with Crippen molar-refractivity contribution in [2.75, 3.05) is 20.2 Å². The average molecular weight is 301 g/mol. The van der Waals surface area contributed by atoms with Gasteiger partial charge in [-0.05, 0) is 62.1 Å². The number of piperidine rings is 1. The molecule has 1 saturated heterocycles. The molecule has 1 aliphatic carbocycles. The maximum atomic E-state index is 12.4. The molecule has 3 heteroatoms. The van der Waals surface area contributed by atoms with E-state index in [0.717, 1.165) is 38.1 Å². The number of aryl methyl sites for hydroxylation is 1. The number of likely N-dealkylation sites (tertiary alicyclic amines) is 1. The number of amides is 1. The van der Waals surface area contributed by atoms with Gasteiger partial charge in [-0.2, -0.15) is 0 Å². The summed E-state index contributed by atoms with van der Waals surface area (Å²) in [5.41, 5.74) is 1.33. The molecule has 0 spiro atoms. The van der Waals surface area contributed by atoms with Crippen LogP contribution in [0.3, 0.4) is 0 Å². The molecule has 2 aliphatic rings. The van der Waals surface area contributed by atoms with Gasteiger partial charge in [-0.1, -0.05) is 18.6 Å². The predicted molar refractivity (Wildman–Crippen MR) is 88.0 cm³/mol. The molecule has 0 bridgehead atoms. The smallest absolute Gasteiger partial charge is 0.225 e. The van der Waals surface area contributed by atoms with Gasteiger partial charge in [0.05, 0.1) is 7.11 Å². The lowest BCUT2D eigenvalue weighted by molar-refractivity contribution is -0.140. The van der Waals surface area contributed by atoms with Crippen LogP contribution >= 0.6 is 0 Å². The van der Waals surface area contributed by atoms with Crippen molar-refractivity contribution in [2.45, 2.75) is 44.9 Å². The van der Waals surface area contributed by atoms with E-state index in [9.17, 15) is 4.79 Å². The zero-order valence-corrected chi connectivity index (χ0v) is 13.6. The average Bonchev–Trinajstić information content (AvgIpc) is 2.52. The minimum Gasteiger partial charge on any atom is -0.497 e. The fourth-order valence-electron chi connectivity index (χ4n) is 3.61. The van der Waals surface area contributed by atoms with Crippen LogP contribution < -0.4 is 4.74 Å².